The minimum Gasteiger partial charge on any atom is -0.462 e. The van der Waals surface area contributed by atoms with E-state index in [1.807, 2.05) is 0 Å². The average Bonchev–Trinajstić information content (AvgIpc) is 3.20. The molecule has 350 valence electrons. The van der Waals surface area contributed by atoms with Crippen molar-refractivity contribution in [2.45, 2.75) is 256 Å². The van der Waals surface area contributed by atoms with Gasteiger partial charge in [0.15, 0.2) is 12.4 Å². The number of hydrogen-bond acceptors (Lipinski definition) is 12. The number of rotatable bonds is 41. The Hall–Kier alpha value is -1.39. The van der Waals surface area contributed by atoms with Crippen LogP contribution in [0.1, 0.15) is 219 Å². The number of aliphatic hydroxyl groups excluding tert-OH is 3. The molecule has 0 bridgehead atoms. The number of aliphatic hydroxyl groups is 3. The van der Waals surface area contributed by atoms with Crippen molar-refractivity contribution in [2.75, 3.05) is 19.8 Å². The van der Waals surface area contributed by atoms with Crippen LogP contribution >= 0.6 is 0 Å². The van der Waals surface area contributed by atoms with Crippen molar-refractivity contribution in [1.82, 2.24) is 0 Å². The molecule has 0 amide bonds. The molecular weight excluding hydrogens is 781 g/mol. The SMILES string of the molecule is CCCCCCCCCCCCCCCCCC(=O)OCC(COC1OC(COS(=O)(=O)O)C(O)C(O)C1O)OC(=O)CCCCCCCCCCCCCCCCC. The minimum absolute atomic E-state index is 0.171. The molecule has 13 nitrogen and oxygen atoms in total. The molecule has 1 aliphatic heterocycles. The standard InChI is InChI=1S/C45H86O13S/c1-3-5-7-9-11-13-15-17-19-21-23-25-27-29-31-33-40(46)54-35-38(36-55-45-44(50)43(49)42(48)39(58-45)37-56-59(51,52)53)57-41(47)34-32-30-28-26-24-22-20-18-16-14-12-10-8-6-4-2/h38-39,42-45,48-50H,3-37H2,1-2H3,(H,51,52,53). The van der Waals surface area contributed by atoms with Crippen LogP contribution in [0.4, 0.5) is 0 Å². The predicted octanol–water partition coefficient (Wildman–Crippen LogP) is 9.61. The van der Waals surface area contributed by atoms with Gasteiger partial charge in [0, 0.05) is 12.8 Å². The van der Waals surface area contributed by atoms with Crippen LogP contribution in [-0.4, -0.2) is 96.9 Å². The number of esters is 2. The van der Waals surface area contributed by atoms with Gasteiger partial charge in [-0.25, -0.2) is 4.18 Å². The summed E-state index contributed by atoms with van der Waals surface area (Å²) in [4.78, 5) is 25.5. The number of carbonyl (C=O) groups is 2. The summed E-state index contributed by atoms with van der Waals surface area (Å²) in [6, 6.07) is 0. The highest BCUT2D eigenvalue weighted by atomic mass is 32.3. The van der Waals surface area contributed by atoms with Gasteiger partial charge in [0.1, 0.15) is 31.0 Å². The Balaban J connectivity index is 2.43. The molecule has 0 saturated carbocycles. The summed E-state index contributed by atoms with van der Waals surface area (Å²) < 4.78 is 57.4. The van der Waals surface area contributed by atoms with Crippen molar-refractivity contribution in [1.29, 1.82) is 0 Å². The van der Waals surface area contributed by atoms with E-state index in [2.05, 4.69) is 18.0 Å². The van der Waals surface area contributed by atoms with E-state index in [4.69, 9.17) is 23.5 Å². The molecule has 59 heavy (non-hydrogen) atoms. The zero-order valence-electron chi connectivity index (χ0n) is 37.1. The van der Waals surface area contributed by atoms with Gasteiger partial charge in [-0.1, -0.05) is 194 Å². The maximum Gasteiger partial charge on any atom is 0.397 e. The number of ether oxygens (including phenoxy) is 4. The quantitative estimate of drug-likeness (QED) is 0.0258. The first kappa shape index (κ1) is 55.6. The molecule has 0 aromatic carbocycles. The van der Waals surface area contributed by atoms with Gasteiger partial charge in [-0.3, -0.25) is 14.1 Å². The molecule has 6 atom stereocenters. The van der Waals surface area contributed by atoms with E-state index < -0.39 is 72.4 Å². The zero-order valence-corrected chi connectivity index (χ0v) is 37.9. The number of carbonyl (C=O) groups excluding carboxylic acids is 2. The maximum atomic E-state index is 12.8. The van der Waals surface area contributed by atoms with E-state index >= 15 is 0 Å². The first-order chi connectivity index (χ1) is 28.5. The van der Waals surface area contributed by atoms with Gasteiger partial charge < -0.3 is 34.3 Å². The van der Waals surface area contributed by atoms with Crippen LogP contribution in [0.2, 0.25) is 0 Å². The smallest absolute Gasteiger partial charge is 0.397 e. The monoisotopic (exact) mass is 867 g/mol. The second-order valence-corrected chi connectivity index (χ2v) is 17.8. The molecule has 1 heterocycles. The first-order valence-corrected chi connectivity index (χ1v) is 25.1. The van der Waals surface area contributed by atoms with Gasteiger partial charge in [0.25, 0.3) is 0 Å². The highest BCUT2D eigenvalue weighted by Gasteiger charge is 2.45. The van der Waals surface area contributed by atoms with Crippen LogP contribution in [-0.2, 0) is 43.1 Å². The Morgan fingerprint density at radius 3 is 1.29 bits per heavy atom. The third-order valence-corrected chi connectivity index (χ3v) is 11.6. The van der Waals surface area contributed by atoms with Gasteiger partial charge in [0.2, 0.25) is 0 Å². The van der Waals surface area contributed by atoms with Crippen molar-refractivity contribution in [3.63, 3.8) is 0 Å². The third-order valence-electron chi connectivity index (χ3n) is 11.2. The molecule has 0 aromatic rings. The van der Waals surface area contributed by atoms with Crippen LogP contribution in [0.15, 0.2) is 0 Å². The van der Waals surface area contributed by atoms with Gasteiger partial charge in [-0.05, 0) is 12.8 Å². The molecule has 1 fully saturated rings. The lowest BCUT2D eigenvalue weighted by Gasteiger charge is -2.40. The Kier molecular flexibility index (Phi) is 35.1. The summed E-state index contributed by atoms with van der Waals surface area (Å²) >= 11 is 0. The first-order valence-electron chi connectivity index (χ1n) is 23.8. The van der Waals surface area contributed by atoms with Crippen molar-refractivity contribution >= 4 is 22.3 Å². The maximum absolute atomic E-state index is 12.8. The van der Waals surface area contributed by atoms with Crippen LogP contribution < -0.4 is 0 Å². The predicted molar refractivity (Wildman–Crippen MR) is 230 cm³/mol. The molecule has 0 aromatic heterocycles. The largest absolute Gasteiger partial charge is 0.462 e. The molecule has 0 spiro atoms. The van der Waals surface area contributed by atoms with E-state index in [9.17, 15) is 33.3 Å². The molecule has 1 rings (SSSR count). The van der Waals surface area contributed by atoms with E-state index in [1.54, 1.807) is 0 Å². The van der Waals surface area contributed by atoms with E-state index in [0.717, 1.165) is 38.5 Å². The molecule has 6 unspecified atom stereocenters. The summed E-state index contributed by atoms with van der Waals surface area (Å²) in [5.41, 5.74) is 0. The van der Waals surface area contributed by atoms with Gasteiger partial charge in [-0.2, -0.15) is 8.42 Å². The van der Waals surface area contributed by atoms with Crippen molar-refractivity contribution < 1.29 is 61.0 Å². The second-order valence-electron chi connectivity index (χ2n) is 16.8. The highest BCUT2D eigenvalue weighted by Crippen LogP contribution is 2.24. The highest BCUT2D eigenvalue weighted by molar-refractivity contribution is 7.80. The zero-order chi connectivity index (χ0) is 43.4. The molecule has 0 radical (unpaired) electrons. The van der Waals surface area contributed by atoms with Crippen LogP contribution in [0, 0.1) is 0 Å². The Labute approximate surface area is 358 Å². The molecule has 1 saturated heterocycles. The number of hydrogen-bond donors (Lipinski definition) is 4. The molecule has 14 heteroatoms. The lowest BCUT2D eigenvalue weighted by molar-refractivity contribution is -0.304. The van der Waals surface area contributed by atoms with E-state index in [1.165, 1.54) is 141 Å². The summed E-state index contributed by atoms with van der Waals surface area (Å²) in [7, 11) is -4.88. The van der Waals surface area contributed by atoms with Gasteiger partial charge >= 0.3 is 22.3 Å². The fourth-order valence-electron chi connectivity index (χ4n) is 7.45. The Morgan fingerprint density at radius 1 is 0.525 bits per heavy atom. The minimum atomic E-state index is -4.88. The van der Waals surface area contributed by atoms with Crippen LogP contribution in [0.25, 0.3) is 0 Å². The average molecular weight is 867 g/mol. The summed E-state index contributed by atoms with van der Waals surface area (Å²) in [5, 5.41) is 31.0. The molecule has 4 N–H and O–H groups in total. The Bertz CT molecular complexity index is 1110. The molecule has 1 aliphatic rings. The van der Waals surface area contributed by atoms with Crippen LogP contribution in [0.5, 0.6) is 0 Å². The van der Waals surface area contributed by atoms with Crippen LogP contribution in [0.3, 0.4) is 0 Å². The third kappa shape index (κ3) is 32.0. The fourth-order valence-corrected chi connectivity index (χ4v) is 7.75. The second kappa shape index (κ2) is 37.2. The molecule has 0 aliphatic carbocycles. The summed E-state index contributed by atoms with van der Waals surface area (Å²) in [5.74, 6) is -0.926. The van der Waals surface area contributed by atoms with Crippen molar-refractivity contribution in [2.24, 2.45) is 0 Å². The summed E-state index contributed by atoms with van der Waals surface area (Å²) in [6.45, 7) is 2.93. The number of unbranched alkanes of at least 4 members (excludes halogenated alkanes) is 28. The Morgan fingerprint density at radius 2 is 0.898 bits per heavy atom. The molecular formula is C45H86O13S. The summed E-state index contributed by atoms with van der Waals surface area (Å²) in [6.07, 6.45) is 27.3. The van der Waals surface area contributed by atoms with Crippen molar-refractivity contribution in [3.8, 4) is 0 Å². The lowest BCUT2D eigenvalue weighted by Crippen LogP contribution is -2.59. The van der Waals surface area contributed by atoms with E-state index in [-0.39, 0.29) is 19.4 Å². The normalized spacial score (nSPS) is 20.1. The van der Waals surface area contributed by atoms with Gasteiger partial charge in [0.05, 0.1) is 13.2 Å². The fraction of sp³-hybridized carbons (Fsp3) is 0.956. The van der Waals surface area contributed by atoms with E-state index in [0.29, 0.717) is 12.8 Å². The topological polar surface area (TPSA) is 195 Å². The lowest BCUT2D eigenvalue weighted by atomic mass is 9.99. The van der Waals surface area contributed by atoms with Crippen molar-refractivity contribution in [3.05, 3.63) is 0 Å². The van der Waals surface area contributed by atoms with Gasteiger partial charge in [-0.15, -0.1) is 0 Å².